The van der Waals surface area contributed by atoms with E-state index in [0.717, 1.165) is 5.92 Å². The number of alkyl halides is 1. The van der Waals surface area contributed by atoms with Gasteiger partial charge in [0.25, 0.3) is 0 Å². The van der Waals surface area contributed by atoms with Crippen molar-refractivity contribution < 1.29 is 0 Å². The molecule has 0 N–H and O–H groups in total. The molecule has 112 valence electrons. The minimum Gasteiger partial charge on any atom is -0.309 e. The Balaban J connectivity index is 1.77. The van der Waals surface area contributed by atoms with E-state index in [4.69, 9.17) is 0 Å². The van der Waals surface area contributed by atoms with Crippen molar-refractivity contribution in [2.24, 2.45) is 11.3 Å². The van der Waals surface area contributed by atoms with E-state index in [1.165, 1.54) is 76.5 Å². The highest BCUT2D eigenvalue weighted by atomic mass is 79.9. The van der Waals surface area contributed by atoms with Gasteiger partial charge in [0.15, 0.2) is 0 Å². The molecular formula is C16H31BrN2. The standard InChI is InChI=1S/C16H31BrN2/c1-18(2)12-15-6-10-19(11-7-15)14-16(13-17)8-4-3-5-9-16/h15H,3-14H2,1-2H3. The van der Waals surface area contributed by atoms with Gasteiger partial charge in [0.1, 0.15) is 0 Å². The van der Waals surface area contributed by atoms with Crippen molar-refractivity contribution in [1.82, 2.24) is 9.80 Å². The van der Waals surface area contributed by atoms with Gasteiger partial charge in [-0.25, -0.2) is 0 Å². The molecule has 2 aliphatic rings. The molecule has 1 saturated carbocycles. The van der Waals surface area contributed by atoms with E-state index in [1.54, 1.807) is 0 Å². The maximum atomic E-state index is 3.81. The number of hydrogen-bond acceptors (Lipinski definition) is 2. The molecule has 2 rings (SSSR count). The highest BCUT2D eigenvalue weighted by Gasteiger charge is 2.33. The summed E-state index contributed by atoms with van der Waals surface area (Å²) in [5.74, 6) is 0.928. The van der Waals surface area contributed by atoms with Crippen LogP contribution >= 0.6 is 15.9 Å². The van der Waals surface area contributed by atoms with Crippen molar-refractivity contribution in [2.45, 2.75) is 44.9 Å². The molecule has 1 heterocycles. The smallest absolute Gasteiger partial charge is 0.0100 e. The number of likely N-dealkylation sites (tertiary alicyclic amines) is 1. The Morgan fingerprint density at radius 2 is 1.74 bits per heavy atom. The lowest BCUT2D eigenvalue weighted by molar-refractivity contribution is 0.0898. The summed E-state index contributed by atoms with van der Waals surface area (Å²) in [4.78, 5) is 5.10. The minimum absolute atomic E-state index is 0.590. The molecule has 0 aromatic carbocycles. The van der Waals surface area contributed by atoms with Crippen LogP contribution in [0.15, 0.2) is 0 Å². The van der Waals surface area contributed by atoms with Crippen molar-refractivity contribution in [3.8, 4) is 0 Å². The molecule has 1 saturated heterocycles. The molecule has 1 aliphatic heterocycles. The third-order valence-electron chi connectivity index (χ3n) is 5.09. The SMILES string of the molecule is CN(C)CC1CCN(CC2(CBr)CCCCC2)CC1. The Morgan fingerprint density at radius 1 is 1.11 bits per heavy atom. The summed E-state index contributed by atoms with van der Waals surface area (Å²) >= 11 is 3.81. The zero-order valence-electron chi connectivity index (χ0n) is 12.8. The van der Waals surface area contributed by atoms with E-state index in [9.17, 15) is 0 Å². The van der Waals surface area contributed by atoms with Crippen molar-refractivity contribution in [1.29, 1.82) is 0 Å². The van der Waals surface area contributed by atoms with Crippen LogP contribution in [0, 0.1) is 11.3 Å². The van der Waals surface area contributed by atoms with Gasteiger partial charge in [-0.05, 0) is 64.2 Å². The molecule has 19 heavy (non-hydrogen) atoms. The van der Waals surface area contributed by atoms with E-state index in [1.807, 2.05) is 0 Å². The molecule has 0 amide bonds. The summed E-state index contributed by atoms with van der Waals surface area (Å²) in [6.45, 7) is 5.27. The first kappa shape index (κ1) is 15.8. The fourth-order valence-electron chi connectivity index (χ4n) is 3.95. The van der Waals surface area contributed by atoms with Crippen molar-refractivity contribution >= 4 is 15.9 Å². The van der Waals surface area contributed by atoms with Crippen molar-refractivity contribution in [2.75, 3.05) is 45.6 Å². The van der Waals surface area contributed by atoms with E-state index < -0.39 is 0 Å². The molecule has 0 aromatic heterocycles. The quantitative estimate of drug-likeness (QED) is 0.710. The second kappa shape index (κ2) is 7.42. The van der Waals surface area contributed by atoms with Gasteiger partial charge in [-0.3, -0.25) is 0 Å². The Labute approximate surface area is 128 Å². The molecule has 0 radical (unpaired) electrons. The van der Waals surface area contributed by atoms with E-state index >= 15 is 0 Å². The molecule has 3 heteroatoms. The maximum absolute atomic E-state index is 3.81. The normalized spacial score (nSPS) is 25.9. The third kappa shape index (κ3) is 4.71. The Kier molecular flexibility index (Phi) is 6.16. The molecule has 0 aromatic rings. The summed E-state index contributed by atoms with van der Waals surface area (Å²) in [5, 5.41) is 1.21. The fraction of sp³-hybridized carbons (Fsp3) is 1.00. The number of piperidine rings is 1. The van der Waals surface area contributed by atoms with E-state index in [-0.39, 0.29) is 0 Å². The largest absolute Gasteiger partial charge is 0.309 e. The van der Waals surface area contributed by atoms with Crippen LogP contribution in [0.25, 0.3) is 0 Å². The zero-order chi connectivity index (χ0) is 13.7. The summed E-state index contributed by atoms with van der Waals surface area (Å²) in [7, 11) is 4.41. The first-order valence-corrected chi connectivity index (χ1v) is 9.19. The van der Waals surface area contributed by atoms with Crippen LogP contribution in [0.4, 0.5) is 0 Å². The van der Waals surface area contributed by atoms with Gasteiger partial charge in [-0.1, -0.05) is 35.2 Å². The number of hydrogen-bond donors (Lipinski definition) is 0. The fourth-order valence-corrected chi connectivity index (χ4v) is 4.69. The first-order chi connectivity index (χ1) is 9.13. The summed E-state index contributed by atoms with van der Waals surface area (Å²) in [6, 6.07) is 0. The molecular weight excluding hydrogens is 300 g/mol. The summed E-state index contributed by atoms with van der Waals surface area (Å²) in [5.41, 5.74) is 0.590. The molecule has 2 fully saturated rings. The van der Waals surface area contributed by atoms with Gasteiger partial charge in [0.05, 0.1) is 0 Å². The Hall–Kier alpha value is 0.400. The van der Waals surface area contributed by atoms with Crippen LogP contribution in [0.3, 0.4) is 0 Å². The highest BCUT2D eigenvalue weighted by Crippen LogP contribution is 2.39. The second-order valence-electron chi connectivity index (χ2n) is 7.18. The molecule has 0 unspecified atom stereocenters. The van der Waals surface area contributed by atoms with Crippen LogP contribution in [-0.4, -0.2) is 55.4 Å². The first-order valence-electron chi connectivity index (χ1n) is 8.07. The number of nitrogens with zero attached hydrogens (tertiary/aromatic N) is 2. The van der Waals surface area contributed by atoms with Gasteiger partial charge in [-0.15, -0.1) is 0 Å². The monoisotopic (exact) mass is 330 g/mol. The van der Waals surface area contributed by atoms with Crippen LogP contribution in [0.1, 0.15) is 44.9 Å². The van der Waals surface area contributed by atoms with Crippen LogP contribution in [0.5, 0.6) is 0 Å². The maximum Gasteiger partial charge on any atom is 0.0100 e. The van der Waals surface area contributed by atoms with Gasteiger partial charge in [-0.2, -0.15) is 0 Å². The van der Waals surface area contributed by atoms with E-state index in [0.29, 0.717) is 5.41 Å². The van der Waals surface area contributed by atoms with Crippen LogP contribution < -0.4 is 0 Å². The number of rotatable bonds is 5. The number of halogens is 1. The predicted molar refractivity (Wildman–Crippen MR) is 87.0 cm³/mol. The van der Waals surface area contributed by atoms with Gasteiger partial charge >= 0.3 is 0 Å². The lowest BCUT2D eigenvalue weighted by atomic mass is 9.75. The van der Waals surface area contributed by atoms with E-state index in [2.05, 4.69) is 39.8 Å². The molecule has 2 nitrogen and oxygen atoms in total. The lowest BCUT2D eigenvalue weighted by Crippen LogP contribution is -2.45. The average Bonchev–Trinajstić information content (AvgIpc) is 2.41. The van der Waals surface area contributed by atoms with Crippen LogP contribution in [-0.2, 0) is 0 Å². The second-order valence-corrected chi connectivity index (χ2v) is 7.74. The van der Waals surface area contributed by atoms with Gasteiger partial charge < -0.3 is 9.80 Å². The lowest BCUT2D eigenvalue weighted by Gasteiger charge is -2.42. The minimum atomic E-state index is 0.590. The Bertz CT molecular complexity index is 253. The third-order valence-corrected chi connectivity index (χ3v) is 6.28. The van der Waals surface area contributed by atoms with Crippen LogP contribution in [0.2, 0.25) is 0 Å². The van der Waals surface area contributed by atoms with Crippen molar-refractivity contribution in [3.05, 3.63) is 0 Å². The molecule has 0 atom stereocenters. The highest BCUT2D eigenvalue weighted by molar-refractivity contribution is 9.09. The molecule has 0 spiro atoms. The van der Waals surface area contributed by atoms with Crippen molar-refractivity contribution in [3.63, 3.8) is 0 Å². The summed E-state index contributed by atoms with van der Waals surface area (Å²) in [6.07, 6.45) is 10.0. The zero-order valence-corrected chi connectivity index (χ0v) is 14.4. The van der Waals surface area contributed by atoms with Gasteiger partial charge in [0.2, 0.25) is 0 Å². The Morgan fingerprint density at radius 3 is 2.26 bits per heavy atom. The summed E-state index contributed by atoms with van der Waals surface area (Å²) < 4.78 is 0. The predicted octanol–water partition coefficient (Wildman–Crippen LogP) is 3.61. The average molecular weight is 331 g/mol. The van der Waals surface area contributed by atoms with Gasteiger partial charge in [0, 0.05) is 18.4 Å². The molecule has 0 bridgehead atoms. The molecule has 1 aliphatic carbocycles. The topological polar surface area (TPSA) is 6.48 Å².